The van der Waals surface area contributed by atoms with Gasteiger partial charge in [-0.15, -0.1) is 11.3 Å². The van der Waals surface area contributed by atoms with Gasteiger partial charge in [0.15, 0.2) is 0 Å². The zero-order valence-electron chi connectivity index (χ0n) is 8.69. The van der Waals surface area contributed by atoms with Crippen molar-refractivity contribution in [3.05, 3.63) is 16.6 Å². The molecule has 0 aromatic carbocycles. The minimum Gasteiger partial charge on any atom is -0.346 e. The van der Waals surface area contributed by atoms with Crippen molar-refractivity contribution in [1.29, 1.82) is 0 Å². The summed E-state index contributed by atoms with van der Waals surface area (Å²) < 4.78 is 0. The highest BCUT2D eigenvalue weighted by Gasteiger charge is 2.23. The Balaban J connectivity index is 1.93. The monoisotopic (exact) mass is 225 g/mol. The van der Waals surface area contributed by atoms with Gasteiger partial charge in [0.1, 0.15) is 5.69 Å². The number of nitrogens with one attached hydrogen (secondary N) is 2. The third kappa shape index (κ3) is 2.54. The Labute approximate surface area is 93.1 Å². The molecule has 1 aliphatic heterocycles. The number of piperidine rings is 1. The van der Waals surface area contributed by atoms with E-state index in [1.54, 1.807) is 10.9 Å². The minimum atomic E-state index is -0.0585. The molecule has 1 fully saturated rings. The fourth-order valence-corrected chi connectivity index (χ4v) is 2.34. The van der Waals surface area contributed by atoms with Crippen molar-refractivity contribution in [1.82, 2.24) is 15.6 Å². The van der Waals surface area contributed by atoms with Gasteiger partial charge in [-0.25, -0.2) is 4.98 Å². The van der Waals surface area contributed by atoms with E-state index in [0.29, 0.717) is 11.7 Å². The van der Waals surface area contributed by atoms with E-state index in [1.807, 2.05) is 0 Å². The number of hydrogen-bond donors (Lipinski definition) is 2. The van der Waals surface area contributed by atoms with Crippen LogP contribution in [0.1, 0.15) is 30.3 Å². The maximum atomic E-state index is 11.7. The fraction of sp³-hybridized carbons (Fsp3) is 0.600. The average molecular weight is 225 g/mol. The summed E-state index contributed by atoms with van der Waals surface area (Å²) >= 11 is 1.44. The first-order valence-electron chi connectivity index (χ1n) is 5.20. The van der Waals surface area contributed by atoms with Gasteiger partial charge >= 0.3 is 0 Å². The molecule has 1 saturated heterocycles. The summed E-state index contributed by atoms with van der Waals surface area (Å²) in [6.45, 7) is 3.15. The maximum absolute atomic E-state index is 11.7. The predicted molar refractivity (Wildman–Crippen MR) is 60.1 cm³/mol. The summed E-state index contributed by atoms with van der Waals surface area (Å²) in [5.74, 6) is -0.0585. The van der Waals surface area contributed by atoms with E-state index in [2.05, 4.69) is 22.5 Å². The third-order valence-corrected chi connectivity index (χ3v) is 3.33. The van der Waals surface area contributed by atoms with E-state index in [-0.39, 0.29) is 11.9 Å². The SMILES string of the molecule is CC1NCCCC1NC(=O)c1cscn1. The highest BCUT2D eigenvalue weighted by molar-refractivity contribution is 7.07. The van der Waals surface area contributed by atoms with Gasteiger partial charge in [-0.2, -0.15) is 0 Å². The highest BCUT2D eigenvalue weighted by atomic mass is 32.1. The second kappa shape index (κ2) is 4.72. The van der Waals surface area contributed by atoms with Crippen LogP contribution in [-0.2, 0) is 0 Å². The molecule has 2 N–H and O–H groups in total. The number of nitrogens with zero attached hydrogens (tertiary/aromatic N) is 1. The van der Waals surface area contributed by atoms with E-state index in [1.165, 1.54) is 11.3 Å². The summed E-state index contributed by atoms with van der Waals surface area (Å²) in [6, 6.07) is 0.578. The van der Waals surface area contributed by atoms with Crippen molar-refractivity contribution in [2.45, 2.75) is 31.8 Å². The van der Waals surface area contributed by atoms with Crippen LogP contribution >= 0.6 is 11.3 Å². The van der Waals surface area contributed by atoms with Gasteiger partial charge in [0, 0.05) is 17.5 Å². The fourth-order valence-electron chi connectivity index (χ4n) is 1.81. The molecule has 5 heteroatoms. The number of hydrogen-bond acceptors (Lipinski definition) is 4. The second-order valence-electron chi connectivity index (χ2n) is 3.84. The first-order chi connectivity index (χ1) is 7.27. The van der Waals surface area contributed by atoms with Gasteiger partial charge in [0.05, 0.1) is 5.51 Å². The summed E-state index contributed by atoms with van der Waals surface area (Å²) in [5, 5.41) is 8.14. The Morgan fingerprint density at radius 1 is 1.73 bits per heavy atom. The normalized spacial score (nSPS) is 26.2. The molecule has 2 unspecified atom stereocenters. The lowest BCUT2D eigenvalue weighted by atomic mass is 10.00. The quantitative estimate of drug-likeness (QED) is 0.790. The summed E-state index contributed by atoms with van der Waals surface area (Å²) in [7, 11) is 0. The largest absolute Gasteiger partial charge is 0.346 e. The number of amides is 1. The Bertz CT molecular complexity index is 325. The first kappa shape index (κ1) is 10.6. The lowest BCUT2D eigenvalue weighted by molar-refractivity contribution is 0.0915. The van der Waals surface area contributed by atoms with Crippen LogP contribution in [0.25, 0.3) is 0 Å². The zero-order valence-corrected chi connectivity index (χ0v) is 9.51. The minimum absolute atomic E-state index is 0.0585. The average Bonchev–Trinajstić information content (AvgIpc) is 2.74. The van der Waals surface area contributed by atoms with Crippen LogP contribution in [0.15, 0.2) is 10.9 Å². The highest BCUT2D eigenvalue weighted by Crippen LogP contribution is 2.09. The molecular formula is C10H15N3OS. The molecule has 0 radical (unpaired) electrons. The lowest BCUT2D eigenvalue weighted by Gasteiger charge is -2.30. The van der Waals surface area contributed by atoms with Crippen LogP contribution in [0.4, 0.5) is 0 Å². The van der Waals surface area contributed by atoms with Crippen molar-refractivity contribution in [2.24, 2.45) is 0 Å². The summed E-state index contributed by atoms with van der Waals surface area (Å²) in [4.78, 5) is 15.7. The number of rotatable bonds is 2. The van der Waals surface area contributed by atoms with Crippen LogP contribution < -0.4 is 10.6 Å². The molecule has 15 heavy (non-hydrogen) atoms. The molecule has 82 valence electrons. The number of thiazole rings is 1. The van der Waals surface area contributed by atoms with Crippen molar-refractivity contribution in [3.63, 3.8) is 0 Å². The van der Waals surface area contributed by atoms with E-state index >= 15 is 0 Å². The maximum Gasteiger partial charge on any atom is 0.271 e. The number of carbonyl (C=O) groups is 1. The zero-order chi connectivity index (χ0) is 10.7. The van der Waals surface area contributed by atoms with E-state index < -0.39 is 0 Å². The van der Waals surface area contributed by atoms with Gasteiger partial charge in [-0.1, -0.05) is 0 Å². The van der Waals surface area contributed by atoms with Crippen LogP contribution in [0.3, 0.4) is 0 Å². The lowest BCUT2D eigenvalue weighted by Crippen LogP contribution is -2.51. The molecule has 0 saturated carbocycles. The molecule has 2 heterocycles. The van der Waals surface area contributed by atoms with Crippen LogP contribution in [-0.4, -0.2) is 29.5 Å². The Morgan fingerprint density at radius 2 is 2.60 bits per heavy atom. The van der Waals surface area contributed by atoms with Gasteiger partial charge in [-0.3, -0.25) is 4.79 Å². The number of carbonyl (C=O) groups excluding carboxylic acids is 1. The van der Waals surface area contributed by atoms with Crippen LogP contribution in [0.5, 0.6) is 0 Å². The van der Waals surface area contributed by atoms with Crippen molar-refractivity contribution in [2.75, 3.05) is 6.54 Å². The molecular weight excluding hydrogens is 210 g/mol. The van der Waals surface area contributed by atoms with Gasteiger partial charge < -0.3 is 10.6 Å². The van der Waals surface area contributed by atoms with E-state index in [4.69, 9.17) is 0 Å². The molecule has 0 bridgehead atoms. The molecule has 1 aromatic heterocycles. The summed E-state index contributed by atoms with van der Waals surface area (Å²) in [5.41, 5.74) is 2.20. The predicted octanol–water partition coefficient (Wildman–Crippen LogP) is 1.01. The Morgan fingerprint density at radius 3 is 3.27 bits per heavy atom. The third-order valence-electron chi connectivity index (χ3n) is 2.74. The first-order valence-corrected chi connectivity index (χ1v) is 6.14. The van der Waals surface area contributed by atoms with Crippen molar-refractivity contribution in [3.8, 4) is 0 Å². The van der Waals surface area contributed by atoms with Crippen LogP contribution in [0.2, 0.25) is 0 Å². The van der Waals surface area contributed by atoms with Crippen molar-refractivity contribution >= 4 is 17.2 Å². The summed E-state index contributed by atoms with van der Waals surface area (Å²) in [6.07, 6.45) is 2.16. The second-order valence-corrected chi connectivity index (χ2v) is 4.56. The van der Waals surface area contributed by atoms with Crippen molar-refractivity contribution < 1.29 is 4.79 Å². The number of aromatic nitrogens is 1. The molecule has 1 amide bonds. The molecule has 0 spiro atoms. The topological polar surface area (TPSA) is 54.0 Å². The molecule has 1 aliphatic rings. The standard InChI is InChI=1S/C10H15N3OS/c1-7-8(3-2-4-11-7)13-10(14)9-5-15-6-12-9/h5-8,11H,2-4H2,1H3,(H,13,14). The van der Waals surface area contributed by atoms with Gasteiger partial charge in [0.2, 0.25) is 0 Å². The van der Waals surface area contributed by atoms with Crippen LogP contribution in [0, 0.1) is 0 Å². The molecule has 4 nitrogen and oxygen atoms in total. The molecule has 0 aliphatic carbocycles. The molecule has 1 aromatic rings. The molecule has 2 rings (SSSR count). The molecule has 2 atom stereocenters. The smallest absolute Gasteiger partial charge is 0.271 e. The Kier molecular flexibility index (Phi) is 3.33. The van der Waals surface area contributed by atoms with E-state index in [9.17, 15) is 4.79 Å². The van der Waals surface area contributed by atoms with Gasteiger partial charge in [0.25, 0.3) is 5.91 Å². The van der Waals surface area contributed by atoms with Gasteiger partial charge in [-0.05, 0) is 26.3 Å². The van der Waals surface area contributed by atoms with E-state index in [0.717, 1.165) is 19.4 Å². The Hall–Kier alpha value is -0.940.